The van der Waals surface area contributed by atoms with E-state index in [9.17, 15) is 8.42 Å². The standard InChI is InChI=1S/C11H22N2O4S/c14-8-11-2-1-4-13(7-11)18(15,16)12-6-10-3-5-17-9-10/h10-12,14H,1-9H2. The molecule has 0 aromatic carbocycles. The van der Waals surface area contributed by atoms with Crippen molar-refractivity contribution in [3.8, 4) is 0 Å². The number of rotatable bonds is 5. The topological polar surface area (TPSA) is 78.9 Å². The van der Waals surface area contributed by atoms with E-state index in [1.807, 2.05) is 0 Å². The van der Waals surface area contributed by atoms with E-state index >= 15 is 0 Å². The van der Waals surface area contributed by atoms with Gasteiger partial charge in [-0.3, -0.25) is 0 Å². The Balaban J connectivity index is 1.84. The molecule has 7 heteroatoms. The van der Waals surface area contributed by atoms with Crippen molar-refractivity contribution in [1.29, 1.82) is 0 Å². The molecule has 2 aliphatic rings. The van der Waals surface area contributed by atoms with Gasteiger partial charge in [-0.2, -0.15) is 12.7 Å². The molecule has 18 heavy (non-hydrogen) atoms. The summed E-state index contributed by atoms with van der Waals surface area (Å²) in [5.74, 6) is 0.364. The SMILES string of the molecule is O=S(=O)(NCC1CCOC1)N1CCCC(CO)C1. The molecule has 106 valence electrons. The molecule has 0 aliphatic carbocycles. The first kappa shape index (κ1) is 14.2. The summed E-state index contributed by atoms with van der Waals surface area (Å²) in [7, 11) is -3.40. The van der Waals surface area contributed by atoms with Gasteiger partial charge in [-0.05, 0) is 31.1 Å². The molecular weight excluding hydrogens is 256 g/mol. The lowest BCUT2D eigenvalue weighted by Crippen LogP contribution is -2.47. The van der Waals surface area contributed by atoms with Gasteiger partial charge in [0.15, 0.2) is 0 Å². The van der Waals surface area contributed by atoms with Crippen LogP contribution in [0.4, 0.5) is 0 Å². The molecule has 0 radical (unpaired) electrons. The third-order valence-electron chi connectivity index (χ3n) is 3.66. The Kier molecular flexibility index (Phi) is 4.97. The van der Waals surface area contributed by atoms with Gasteiger partial charge in [-0.1, -0.05) is 0 Å². The van der Waals surface area contributed by atoms with Gasteiger partial charge >= 0.3 is 0 Å². The highest BCUT2D eigenvalue weighted by Gasteiger charge is 2.29. The number of piperidine rings is 1. The number of hydrogen-bond acceptors (Lipinski definition) is 4. The average molecular weight is 278 g/mol. The van der Waals surface area contributed by atoms with Crippen molar-refractivity contribution >= 4 is 10.2 Å². The molecule has 0 amide bonds. The molecule has 2 saturated heterocycles. The smallest absolute Gasteiger partial charge is 0.279 e. The summed E-state index contributed by atoms with van der Waals surface area (Å²) in [6.45, 7) is 2.84. The van der Waals surface area contributed by atoms with Crippen LogP contribution in [0.15, 0.2) is 0 Å². The largest absolute Gasteiger partial charge is 0.396 e. The highest BCUT2D eigenvalue weighted by Crippen LogP contribution is 2.18. The Morgan fingerprint density at radius 1 is 1.33 bits per heavy atom. The Bertz CT molecular complexity index is 354. The minimum atomic E-state index is -3.40. The van der Waals surface area contributed by atoms with Gasteiger partial charge in [0.25, 0.3) is 10.2 Å². The monoisotopic (exact) mass is 278 g/mol. The number of nitrogens with one attached hydrogen (secondary N) is 1. The van der Waals surface area contributed by atoms with Gasteiger partial charge in [0.2, 0.25) is 0 Å². The fourth-order valence-corrected chi connectivity index (χ4v) is 3.86. The van der Waals surface area contributed by atoms with Crippen LogP contribution >= 0.6 is 0 Å². The molecule has 2 N–H and O–H groups in total. The lowest BCUT2D eigenvalue weighted by atomic mass is 10.0. The van der Waals surface area contributed by atoms with E-state index < -0.39 is 10.2 Å². The van der Waals surface area contributed by atoms with E-state index in [2.05, 4.69) is 4.72 Å². The molecule has 0 aromatic heterocycles. The second-order valence-corrected chi connectivity index (χ2v) is 6.89. The minimum absolute atomic E-state index is 0.0580. The zero-order valence-corrected chi connectivity index (χ0v) is 11.4. The molecule has 0 bridgehead atoms. The van der Waals surface area contributed by atoms with Gasteiger partial charge in [0.05, 0.1) is 6.61 Å². The first-order valence-electron chi connectivity index (χ1n) is 6.55. The summed E-state index contributed by atoms with van der Waals surface area (Å²) in [5, 5.41) is 9.12. The van der Waals surface area contributed by atoms with Crippen molar-refractivity contribution in [3.63, 3.8) is 0 Å². The molecule has 2 unspecified atom stereocenters. The third-order valence-corrected chi connectivity index (χ3v) is 5.20. The Morgan fingerprint density at radius 3 is 2.83 bits per heavy atom. The molecule has 0 aromatic rings. The first-order valence-corrected chi connectivity index (χ1v) is 7.99. The highest BCUT2D eigenvalue weighted by molar-refractivity contribution is 7.87. The highest BCUT2D eigenvalue weighted by atomic mass is 32.2. The van der Waals surface area contributed by atoms with Crippen molar-refractivity contribution in [1.82, 2.24) is 9.03 Å². The summed E-state index contributed by atoms with van der Waals surface area (Å²) in [5.41, 5.74) is 0. The Labute approximate surface area is 108 Å². The van der Waals surface area contributed by atoms with Crippen LogP contribution in [0.5, 0.6) is 0 Å². The van der Waals surface area contributed by atoms with Crippen LogP contribution in [0.25, 0.3) is 0 Å². The van der Waals surface area contributed by atoms with E-state index in [-0.39, 0.29) is 12.5 Å². The van der Waals surface area contributed by atoms with Crippen molar-refractivity contribution in [2.45, 2.75) is 19.3 Å². The van der Waals surface area contributed by atoms with E-state index in [0.29, 0.717) is 32.2 Å². The van der Waals surface area contributed by atoms with E-state index in [1.165, 1.54) is 4.31 Å². The lowest BCUT2D eigenvalue weighted by molar-refractivity contribution is 0.164. The van der Waals surface area contributed by atoms with Crippen LogP contribution in [0, 0.1) is 11.8 Å². The zero-order valence-electron chi connectivity index (χ0n) is 10.5. The van der Waals surface area contributed by atoms with Crippen LogP contribution in [0.3, 0.4) is 0 Å². The van der Waals surface area contributed by atoms with Crippen LogP contribution in [0.1, 0.15) is 19.3 Å². The fourth-order valence-electron chi connectivity index (χ4n) is 2.45. The third kappa shape index (κ3) is 3.64. The molecule has 2 aliphatic heterocycles. The van der Waals surface area contributed by atoms with E-state index in [1.54, 1.807) is 0 Å². The summed E-state index contributed by atoms with van der Waals surface area (Å²) in [6.07, 6.45) is 2.64. The van der Waals surface area contributed by atoms with Crippen LogP contribution < -0.4 is 4.72 Å². The minimum Gasteiger partial charge on any atom is -0.396 e. The molecule has 2 atom stereocenters. The lowest BCUT2D eigenvalue weighted by Gasteiger charge is -2.31. The number of ether oxygens (including phenoxy) is 1. The Morgan fingerprint density at radius 2 is 2.17 bits per heavy atom. The summed E-state index contributed by atoms with van der Waals surface area (Å²) >= 11 is 0. The predicted molar refractivity (Wildman–Crippen MR) is 67.2 cm³/mol. The Hall–Kier alpha value is -0.210. The molecule has 2 heterocycles. The number of hydrogen-bond donors (Lipinski definition) is 2. The number of aliphatic hydroxyl groups is 1. The number of nitrogens with zero attached hydrogens (tertiary/aromatic N) is 1. The van der Waals surface area contributed by atoms with E-state index in [4.69, 9.17) is 9.84 Å². The maximum atomic E-state index is 12.1. The maximum absolute atomic E-state index is 12.1. The molecule has 0 spiro atoms. The van der Waals surface area contributed by atoms with Gasteiger partial charge in [0, 0.05) is 32.8 Å². The normalized spacial score (nSPS) is 30.7. The maximum Gasteiger partial charge on any atom is 0.279 e. The van der Waals surface area contributed by atoms with Gasteiger partial charge < -0.3 is 9.84 Å². The van der Waals surface area contributed by atoms with Gasteiger partial charge in [-0.15, -0.1) is 0 Å². The van der Waals surface area contributed by atoms with E-state index in [0.717, 1.165) is 25.9 Å². The van der Waals surface area contributed by atoms with Gasteiger partial charge in [-0.25, -0.2) is 4.72 Å². The van der Waals surface area contributed by atoms with Crippen LogP contribution in [-0.4, -0.2) is 57.3 Å². The number of aliphatic hydroxyl groups excluding tert-OH is 1. The average Bonchev–Trinajstić information content (AvgIpc) is 2.90. The summed E-state index contributed by atoms with van der Waals surface area (Å²) < 4.78 is 33.5. The van der Waals surface area contributed by atoms with Gasteiger partial charge in [0.1, 0.15) is 0 Å². The van der Waals surface area contributed by atoms with Crippen LogP contribution in [-0.2, 0) is 14.9 Å². The molecule has 2 rings (SSSR count). The van der Waals surface area contributed by atoms with Crippen molar-refractivity contribution < 1.29 is 18.3 Å². The van der Waals surface area contributed by atoms with Crippen molar-refractivity contribution in [3.05, 3.63) is 0 Å². The molecule has 2 fully saturated rings. The van der Waals surface area contributed by atoms with Crippen molar-refractivity contribution in [2.24, 2.45) is 11.8 Å². The molecule has 0 saturated carbocycles. The molecule has 6 nitrogen and oxygen atoms in total. The van der Waals surface area contributed by atoms with Crippen molar-refractivity contribution in [2.75, 3.05) is 39.5 Å². The second-order valence-electron chi connectivity index (χ2n) is 5.13. The zero-order chi connectivity index (χ0) is 13.0. The first-order chi connectivity index (χ1) is 8.62. The summed E-state index contributed by atoms with van der Waals surface area (Å²) in [6, 6.07) is 0. The fraction of sp³-hybridized carbons (Fsp3) is 1.00. The molecular formula is C11H22N2O4S. The predicted octanol–water partition coefficient (Wildman–Crippen LogP) is -0.438. The quantitative estimate of drug-likeness (QED) is 0.715. The second kappa shape index (κ2) is 6.29. The summed E-state index contributed by atoms with van der Waals surface area (Å²) in [4.78, 5) is 0. The van der Waals surface area contributed by atoms with Crippen LogP contribution in [0.2, 0.25) is 0 Å².